The molecule has 2 aromatic rings. The molecule has 1 N–H and O–H groups in total. The maximum atomic E-state index is 11.9. The Morgan fingerprint density at radius 1 is 1.15 bits per heavy atom. The van der Waals surface area contributed by atoms with Crippen LogP contribution in [-0.2, 0) is 4.79 Å². The van der Waals surface area contributed by atoms with Crippen LogP contribution in [0, 0.1) is 13.8 Å². The van der Waals surface area contributed by atoms with Crippen LogP contribution in [0.15, 0.2) is 51.8 Å². The second-order valence-electron chi connectivity index (χ2n) is 4.57. The van der Waals surface area contributed by atoms with Gasteiger partial charge in [0.1, 0.15) is 0 Å². The molecule has 0 saturated carbocycles. The number of para-hydroxylation sites is 1. The molecule has 0 unspecified atom stereocenters. The van der Waals surface area contributed by atoms with E-state index in [1.54, 1.807) is 11.8 Å². The number of carbonyl (C=O) groups excluding carboxylic acids is 1. The van der Waals surface area contributed by atoms with Crippen LogP contribution in [-0.4, -0.2) is 11.7 Å². The van der Waals surface area contributed by atoms with Gasteiger partial charge in [-0.1, -0.05) is 34.1 Å². The van der Waals surface area contributed by atoms with Gasteiger partial charge in [-0.2, -0.15) is 0 Å². The number of thioether (sulfide) groups is 1. The van der Waals surface area contributed by atoms with Crippen molar-refractivity contribution in [3.05, 3.63) is 58.1 Å². The Kier molecular flexibility index (Phi) is 5.26. The normalized spacial score (nSPS) is 10.3. The van der Waals surface area contributed by atoms with Gasteiger partial charge < -0.3 is 5.32 Å². The van der Waals surface area contributed by atoms with Gasteiger partial charge >= 0.3 is 0 Å². The van der Waals surface area contributed by atoms with Gasteiger partial charge in [0.15, 0.2) is 0 Å². The van der Waals surface area contributed by atoms with Gasteiger partial charge in [-0.05, 0) is 49.2 Å². The predicted molar refractivity (Wildman–Crippen MR) is 89.4 cm³/mol. The van der Waals surface area contributed by atoms with Crippen LogP contribution < -0.4 is 5.32 Å². The molecule has 20 heavy (non-hydrogen) atoms. The fourth-order valence-corrected chi connectivity index (χ4v) is 3.14. The molecular weight excluding hydrogens is 334 g/mol. The highest BCUT2D eigenvalue weighted by atomic mass is 79.9. The van der Waals surface area contributed by atoms with Gasteiger partial charge in [0.25, 0.3) is 0 Å². The number of anilines is 1. The summed E-state index contributed by atoms with van der Waals surface area (Å²) in [5.41, 5.74) is 3.20. The maximum absolute atomic E-state index is 11.9. The highest BCUT2D eigenvalue weighted by Gasteiger charge is 2.07. The summed E-state index contributed by atoms with van der Waals surface area (Å²) < 4.78 is 1.10. The molecule has 0 atom stereocenters. The van der Waals surface area contributed by atoms with E-state index in [0.29, 0.717) is 5.75 Å². The number of nitrogens with one attached hydrogen (secondary N) is 1. The lowest BCUT2D eigenvalue weighted by Crippen LogP contribution is -2.13. The Morgan fingerprint density at radius 2 is 1.85 bits per heavy atom. The molecule has 0 aromatic heterocycles. The molecule has 0 saturated heterocycles. The number of hydrogen-bond donors (Lipinski definition) is 1. The molecule has 2 aromatic carbocycles. The quantitative estimate of drug-likeness (QED) is 0.803. The van der Waals surface area contributed by atoms with E-state index in [1.807, 2.05) is 30.3 Å². The zero-order chi connectivity index (χ0) is 14.5. The maximum Gasteiger partial charge on any atom is 0.234 e. The Balaban J connectivity index is 1.95. The van der Waals surface area contributed by atoms with E-state index in [2.05, 4.69) is 47.2 Å². The SMILES string of the molecule is Cc1cc(SCC(=O)Nc2ccccc2)c(C)cc1Br. The number of carbonyl (C=O) groups is 1. The van der Waals surface area contributed by atoms with E-state index < -0.39 is 0 Å². The zero-order valence-corrected chi connectivity index (χ0v) is 13.8. The minimum Gasteiger partial charge on any atom is -0.325 e. The molecule has 0 aliphatic rings. The van der Waals surface area contributed by atoms with Crippen LogP contribution in [0.4, 0.5) is 5.69 Å². The van der Waals surface area contributed by atoms with Crippen LogP contribution in [0.2, 0.25) is 0 Å². The standard InChI is InChI=1S/C16H16BrNOS/c1-11-9-15(12(2)8-14(11)17)20-10-16(19)18-13-6-4-3-5-7-13/h3-9H,10H2,1-2H3,(H,18,19). The van der Waals surface area contributed by atoms with Crippen LogP contribution in [0.5, 0.6) is 0 Å². The molecule has 2 nitrogen and oxygen atoms in total. The molecule has 104 valence electrons. The first-order valence-electron chi connectivity index (χ1n) is 6.30. The van der Waals surface area contributed by atoms with E-state index in [1.165, 1.54) is 11.1 Å². The fraction of sp³-hybridized carbons (Fsp3) is 0.188. The lowest BCUT2D eigenvalue weighted by atomic mass is 10.2. The summed E-state index contributed by atoms with van der Waals surface area (Å²) in [6, 6.07) is 13.7. The molecular formula is C16H16BrNOS. The van der Waals surface area contributed by atoms with Crippen LogP contribution >= 0.6 is 27.7 Å². The van der Waals surface area contributed by atoms with Crippen molar-refractivity contribution in [2.45, 2.75) is 18.7 Å². The summed E-state index contributed by atoms with van der Waals surface area (Å²) in [6.07, 6.45) is 0. The molecule has 0 fully saturated rings. The van der Waals surface area contributed by atoms with E-state index in [4.69, 9.17) is 0 Å². The molecule has 4 heteroatoms. The van der Waals surface area contributed by atoms with Crippen molar-refractivity contribution < 1.29 is 4.79 Å². The number of amides is 1. The first-order chi connectivity index (χ1) is 9.56. The Labute approximate surface area is 132 Å². The second kappa shape index (κ2) is 6.95. The summed E-state index contributed by atoms with van der Waals surface area (Å²) in [5.74, 6) is 0.428. The highest BCUT2D eigenvalue weighted by molar-refractivity contribution is 9.10. The van der Waals surface area contributed by atoms with Crippen molar-refractivity contribution in [2.75, 3.05) is 11.1 Å². The molecule has 0 aliphatic heterocycles. The third-order valence-corrected chi connectivity index (χ3v) is 4.88. The summed E-state index contributed by atoms with van der Waals surface area (Å²) in [4.78, 5) is 13.1. The van der Waals surface area contributed by atoms with Crippen LogP contribution in [0.25, 0.3) is 0 Å². The monoisotopic (exact) mass is 349 g/mol. The molecule has 0 aliphatic carbocycles. The summed E-state index contributed by atoms with van der Waals surface area (Å²) in [7, 11) is 0. The zero-order valence-electron chi connectivity index (χ0n) is 11.4. The predicted octanol–water partition coefficient (Wildman–Crippen LogP) is 4.80. The highest BCUT2D eigenvalue weighted by Crippen LogP contribution is 2.28. The van der Waals surface area contributed by atoms with Crippen molar-refractivity contribution in [2.24, 2.45) is 0 Å². The van der Waals surface area contributed by atoms with Gasteiger partial charge in [0, 0.05) is 15.1 Å². The summed E-state index contributed by atoms with van der Waals surface area (Å²) in [6.45, 7) is 4.11. The fourth-order valence-electron chi connectivity index (χ4n) is 1.77. The molecule has 0 bridgehead atoms. The third kappa shape index (κ3) is 4.12. The molecule has 0 heterocycles. The summed E-state index contributed by atoms with van der Waals surface area (Å²) >= 11 is 5.08. The summed E-state index contributed by atoms with van der Waals surface area (Å²) in [5, 5.41) is 2.89. The van der Waals surface area contributed by atoms with Crippen molar-refractivity contribution in [1.82, 2.24) is 0 Å². The first kappa shape index (κ1) is 15.1. The van der Waals surface area contributed by atoms with E-state index in [9.17, 15) is 4.79 Å². The first-order valence-corrected chi connectivity index (χ1v) is 8.08. The lowest BCUT2D eigenvalue weighted by Gasteiger charge is -2.09. The van der Waals surface area contributed by atoms with Crippen molar-refractivity contribution in [3.8, 4) is 0 Å². The largest absolute Gasteiger partial charge is 0.325 e. The number of benzene rings is 2. The van der Waals surface area contributed by atoms with Crippen LogP contribution in [0.3, 0.4) is 0 Å². The third-order valence-electron chi connectivity index (χ3n) is 2.87. The van der Waals surface area contributed by atoms with Crippen molar-refractivity contribution in [1.29, 1.82) is 0 Å². The number of hydrogen-bond acceptors (Lipinski definition) is 2. The van der Waals surface area contributed by atoms with E-state index in [0.717, 1.165) is 15.1 Å². The average Bonchev–Trinajstić information content (AvgIpc) is 2.42. The molecule has 1 amide bonds. The van der Waals surface area contributed by atoms with Crippen LogP contribution in [0.1, 0.15) is 11.1 Å². The van der Waals surface area contributed by atoms with Gasteiger partial charge in [-0.15, -0.1) is 11.8 Å². The van der Waals surface area contributed by atoms with Crippen molar-refractivity contribution >= 4 is 39.3 Å². The molecule has 0 radical (unpaired) electrons. The van der Waals surface area contributed by atoms with E-state index in [-0.39, 0.29) is 5.91 Å². The lowest BCUT2D eigenvalue weighted by molar-refractivity contribution is -0.113. The van der Waals surface area contributed by atoms with Gasteiger partial charge in [-0.25, -0.2) is 0 Å². The Hall–Kier alpha value is -1.26. The Morgan fingerprint density at radius 3 is 2.55 bits per heavy atom. The van der Waals surface area contributed by atoms with Gasteiger partial charge in [0.2, 0.25) is 5.91 Å². The molecule has 2 rings (SSSR count). The van der Waals surface area contributed by atoms with Crippen molar-refractivity contribution in [3.63, 3.8) is 0 Å². The average molecular weight is 350 g/mol. The topological polar surface area (TPSA) is 29.1 Å². The Bertz CT molecular complexity index is 613. The number of aryl methyl sites for hydroxylation is 2. The van der Waals surface area contributed by atoms with Gasteiger partial charge in [0.05, 0.1) is 5.75 Å². The minimum absolute atomic E-state index is 0.0150. The van der Waals surface area contributed by atoms with E-state index >= 15 is 0 Å². The van der Waals surface area contributed by atoms with Gasteiger partial charge in [-0.3, -0.25) is 4.79 Å². The number of halogens is 1. The molecule has 0 spiro atoms. The smallest absolute Gasteiger partial charge is 0.234 e. The minimum atomic E-state index is 0.0150. The number of rotatable bonds is 4. The second-order valence-corrected chi connectivity index (χ2v) is 6.44.